The van der Waals surface area contributed by atoms with Gasteiger partial charge in [-0.3, -0.25) is 9.59 Å². The molecule has 0 spiro atoms. The number of fused-ring (bicyclic) bond motifs is 1. The first kappa shape index (κ1) is 14.5. The van der Waals surface area contributed by atoms with Crippen LogP contribution in [0.15, 0.2) is 42.0 Å². The molecule has 6 heteroatoms. The van der Waals surface area contributed by atoms with E-state index in [1.54, 1.807) is 13.1 Å². The topological polar surface area (TPSA) is 64.0 Å². The highest BCUT2D eigenvalue weighted by atomic mass is 32.1. The Hall–Kier alpha value is -2.47. The molecule has 0 aliphatic carbocycles. The van der Waals surface area contributed by atoms with Crippen molar-refractivity contribution in [1.29, 1.82) is 0 Å². The van der Waals surface area contributed by atoms with E-state index in [2.05, 4.69) is 10.3 Å². The molecule has 3 aromatic rings. The second-order valence-electron chi connectivity index (χ2n) is 4.94. The minimum absolute atomic E-state index is 0.0298. The van der Waals surface area contributed by atoms with E-state index in [1.807, 2.05) is 40.4 Å². The maximum Gasteiger partial charge on any atom is 0.227 e. The Morgan fingerprint density at radius 2 is 2.14 bits per heavy atom. The average Bonchev–Trinajstić information content (AvgIpc) is 3.12. The van der Waals surface area contributed by atoms with Crippen LogP contribution in [0.5, 0.6) is 0 Å². The van der Waals surface area contributed by atoms with Crippen molar-refractivity contribution >= 4 is 39.1 Å². The van der Waals surface area contributed by atoms with Crippen LogP contribution in [0.2, 0.25) is 0 Å². The molecule has 2 heterocycles. The Morgan fingerprint density at radius 1 is 1.32 bits per heavy atom. The molecule has 22 heavy (non-hydrogen) atoms. The summed E-state index contributed by atoms with van der Waals surface area (Å²) in [6.45, 7) is 2.08. The Bertz CT molecular complexity index is 821. The van der Waals surface area contributed by atoms with Crippen LogP contribution in [0.1, 0.15) is 23.7 Å². The van der Waals surface area contributed by atoms with E-state index in [4.69, 9.17) is 0 Å². The standard InChI is InChI=1S/C16H15N3O2S/c1-11(20)13-10-19(14-5-3-2-4-12(13)14)8-6-15(21)18-16-17-7-9-22-16/h2-5,7,9-10H,6,8H2,1H3,(H,17,18,21). The third kappa shape index (κ3) is 2.92. The van der Waals surface area contributed by atoms with Crippen LogP contribution in [-0.2, 0) is 11.3 Å². The summed E-state index contributed by atoms with van der Waals surface area (Å²) in [5, 5.41) is 6.10. The fourth-order valence-electron chi connectivity index (χ4n) is 2.40. The van der Waals surface area contributed by atoms with Crippen molar-refractivity contribution in [2.24, 2.45) is 0 Å². The van der Waals surface area contributed by atoms with Crippen molar-refractivity contribution in [1.82, 2.24) is 9.55 Å². The quantitative estimate of drug-likeness (QED) is 0.735. The van der Waals surface area contributed by atoms with Crippen LogP contribution in [0.4, 0.5) is 5.13 Å². The number of hydrogen-bond acceptors (Lipinski definition) is 4. The Balaban J connectivity index is 1.76. The lowest BCUT2D eigenvalue weighted by molar-refractivity contribution is -0.116. The summed E-state index contributed by atoms with van der Waals surface area (Å²) < 4.78 is 1.95. The zero-order valence-electron chi connectivity index (χ0n) is 12.1. The van der Waals surface area contributed by atoms with Gasteiger partial charge in [0.05, 0.1) is 0 Å². The highest BCUT2D eigenvalue weighted by Crippen LogP contribution is 2.22. The van der Waals surface area contributed by atoms with Crippen LogP contribution in [0.3, 0.4) is 0 Å². The number of amides is 1. The number of ketones is 1. The number of rotatable bonds is 5. The lowest BCUT2D eigenvalue weighted by Gasteiger charge is -2.05. The number of carbonyl (C=O) groups is 2. The zero-order valence-corrected chi connectivity index (χ0v) is 12.9. The largest absolute Gasteiger partial charge is 0.346 e. The Kier molecular flexibility index (Phi) is 4.02. The van der Waals surface area contributed by atoms with E-state index in [0.29, 0.717) is 23.7 Å². The number of thiazole rings is 1. The summed E-state index contributed by atoms with van der Waals surface area (Å²) in [4.78, 5) is 27.7. The molecule has 0 aliphatic rings. The van der Waals surface area contributed by atoms with Gasteiger partial charge in [0.25, 0.3) is 0 Å². The molecule has 112 valence electrons. The van der Waals surface area contributed by atoms with Gasteiger partial charge in [-0.15, -0.1) is 11.3 Å². The van der Waals surface area contributed by atoms with E-state index < -0.39 is 0 Å². The minimum atomic E-state index is -0.0860. The monoisotopic (exact) mass is 313 g/mol. The number of Topliss-reactive ketones (excluding diaryl/α,β-unsaturated/α-hetero) is 1. The van der Waals surface area contributed by atoms with E-state index in [0.717, 1.165) is 10.9 Å². The van der Waals surface area contributed by atoms with Crippen LogP contribution in [-0.4, -0.2) is 21.2 Å². The zero-order chi connectivity index (χ0) is 15.5. The molecule has 0 bridgehead atoms. The number of benzene rings is 1. The van der Waals surface area contributed by atoms with Gasteiger partial charge in [-0.2, -0.15) is 0 Å². The molecule has 0 fully saturated rings. The van der Waals surface area contributed by atoms with Gasteiger partial charge >= 0.3 is 0 Å². The van der Waals surface area contributed by atoms with E-state index >= 15 is 0 Å². The average molecular weight is 313 g/mol. The first-order valence-electron chi connectivity index (χ1n) is 6.93. The van der Waals surface area contributed by atoms with Crippen molar-refractivity contribution in [2.45, 2.75) is 19.9 Å². The van der Waals surface area contributed by atoms with Crippen LogP contribution in [0, 0.1) is 0 Å². The summed E-state index contributed by atoms with van der Waals surface area (Å²) in [5.41, 5.74) is 1.66. The van der Waals surface area contributed by atoms with Gasteiger partial charge in [0, 0.05) is 47.2 Å². The summed E-state index contributed by atoms with van der Waals surface area (Å²) >= 11 is 1.39. The summed E-state index contributed by atoms with van der Waals surface area (Å²) in [6, 6.07) is 7.73. The van der Waals surface area contributed by atoms with Crippen LogP contribution < -0.4 is 5.32 Å². The normalized spacial score (nSPS) is 10.8. The molecule has 1 amide bonds. The number of anilines is 1. The van der Waals surface area contributed by atoms with Gasteiger partial charge in [-0.05, 0) is 13.0 Å². The van der Waals surface area contributed by atoms with Crippen molar-refractivity contribution in [3.8, 4) is 0 Å². The highest BCUT2D eigenvalue weighted by Gasteiger charge is 2.12. The molecule has 0 radical (unpaired) electrons. The highest BCUT2D eigenvalue weighted by molar-refractivity contribution is 7.13. The lowest BCUT2D eigenvalue weighted by atomic mass is 10.1. The second kappa shape index (κ2) is 6.11. The smallest absolute Gasteiger partial charge is 0.227 e. The van der Waals surface area contributed by atoms with Gasteiger partial charge < -0.3 is 9.88 Å². The number of aryl methyl sites for hydroxylation is 1. The number of nitrogens with zero attached hydrogens (tertiary/aromatic N) is 2. The molecule has 0 saturated heterocycles. The Morgan fingerprint density at radius 3 is 2.86 bits per heavy atom. The number of para-hydroxylation sites is 1. The van der Waals surface area contributed by atoms with Crippen molar-refractivity contribution in [3.05, 3.63) is 47.6 Å². The number of hydrogen-bond donors (Lipinski definition) is 1. The minimum Gasteiger partial charge on any atom is -0.346 e. The molecule has 0 saturated carbocycles. The predicted octanol–water partition coefficient (Wildman–Crippen LogP) is 3.33. The molecule has 0 aliphatic heterocycles. The number of nitrogens with one attached hydrogen (secondary N) is 1. The molecule has 2 aromatic heterocycles. The second-order valence-corrected chi connectivity index (χ2v) is 5.84. The summed E-state index contributed by atoms with van der Waals surface area (Å²) in [6.07, 6.45) is 3.80. The van der Waals surface area contributed by atoms with E-state index in [1.165, 1.54) is 11.3 Å². The van der Waals surface area contributed by atoms with Crippen LogP contribution in [0.25, 0.3) is 10.9 Å². The molecule has 0 atom stereocenters. The molecular weight excluding hydrogens is 298 g/mol. The molecule has 3 rings (SSSR count). The van der Waals surface area contributed by atoms with Gasteiger partial charge in [0.1, 0.15) is 0 Å². The van der Waals surface area contributed by atoms with Crippen LogP contribution >= 0.6 is 11.3 Å². The van der Waals surface area contributed by atoms with Crippen molar-refractivity contribution in [2.75, 3.05) is 5.32 Å². The molecular formula is C16H15N3O2S. The maximum atomic E-state index is 11.9. The predicted molar refractivity (Wildman–Crippen MR) is 87.3 cm³/mol. The first-order valence-corrected chi connectivity index (χ1v) is 7.81. The first-order chi connectivity index (χ1) is 10.6. The van der Waals surface area contributed by atoms with Gasteiger partial charge in [-0.25, -0.2) is 4.98 Å². The van der Waals surface area contributed by atoms with Gasteiger partial charge in [0.15, 0.2) is 10.9 Å². The number of aromatic nitrogens is 2. The van der Waals surface area contributed by atoms with Gasteiger partial charge in [-0.1, -0.05) is 18.2 Å². The fourth-order valence-corrected chi connectivity index (χ4v) is 2.95. The summed E-state index contributed by atoms with van der Waals surface area (Å²) in [7, 11) is 0. The number of carbonyl (C=O) groups excluding carboxylic acids is 2. The molecule has 1 N–H and O–H groups in total. The molecule has 1 aromatic carbocycles. The van der Waals surface area contributed by atoms with Crippen molar-refractivity contribution < 1.29 is 9.59 Å². The van der Waals surface area contributed by atoms with E-state index in [-0.39, 0.29) is 11.7 Å². The van der Waals surface area contributed by atoms with E-state index in [9.17, 15) is 9.59 Å². The SMILES string of the molecule is CC(=O)c1cn(CCC(=O)Nc2nccs2)c2ccccc12. The maximum absolute atomic E-state index is 11.9. The summed E-state index contributed by atoms with van der Waals surface area (Å²) in [5.74, 6) is -0.0562. The molecule has 0 unspecified atom stereocenters. The van der Waals surface area contributed by atoms with Crippen molar-refractivity contribution in [3.63, 3.8) is 0 Å². The third-order valence-electron chi connectivity index (χ3n) is 3.43. The van der Waals surface area contributed by atoms with Gasteiger partial charge in [0.2, 0.25) is 5.91 Å². The molecule has 5 nitrogen and oxygen atoms in total. The Labute approximate surface area is 131 Å². The fraction of sp³-hybridized carbons (Fsp3) is 0.188. The third-order valence-corrected chi connectivity index (χ3v) is 4.11. The lowest BCUT2D eigenvalue weighted by Crippen LogP contribution is -2.14.